The van der Waals surface area contributed by atoms with Gasteiger partial charge in [-0.2, -0.15) is 4.98 Å². The van der Waals surface area contributed by atoms with Crippen molar-refractivity contribution < 1.29 is 9.26 Å². The van der Waals surface area contributed by atoms with Gasteiger partial charge in [-0.25, -0.2) is 0 Å². The van der Waals surface area contributed by atoms with Crippen LogP contribution < -0.4 is 4.74 Å². The Bertz CT molecular complexity index is 934. The lowest BCUT2D eigenvalue weighted by Crippen LogP contribution is -2.38. The Hall–Kier alpha value is -2.70. The topological polar surface area (TPSA) is 54.6 Å². The Kier molecular flexibility index (Phi) is 5.77. The molecule has 2 aliphatic rings. The van der Waals surface area contributed by atoms with Crippen molar-refractivity contribution in [2.45, 2.75) is 38.5 Å². The summed E-state index contributed by atoms with van der Waals surface area (Å²) in [6.07, 6.45) is 3.54. The third kappa shape index (κ3) is 4.55. The number of aromatic nitrogens is 2. The quantitative estimate of drug-likeness (QED) is 0.628. The van der Waals surface area contributed by atoms with Crippen LogP contribution in [0.2, 0.25) is 0 Å². The van der Waals surface area contributed by atoms with Gasteiger partial charge in [-0.05, 0) is 55.6 Å². The number of benzene rings is 2. The van der Waals surface area contributed by atoms with E-state index in [2.05, 4.69) is 44.2 Å². The third-order valence-electron chi connectivity index (χ3n) is 6.15. The fourth-order valence-electron chi connectivity index (χ4n) is 4.58. The number of ether oxygens (including phenoxy) is 1. The lowest BCUT2D eigenvalue weighted by atomic mass is 10.1. The molecule has 0 unspecified atom stereocenters. The van der Waals surface area contributed by atoms with Crippen molar-refractivity contribution in [1.29, 1.82) is 0 Å². The predicted molar refractivity (Wildman–Crippen MR) is 114 cm³/mol. The fourth-order valence-corrected chi connectivity index (χ4v) is 4.58. The Labute approximate surface area is 177 Å². The van der Waals surface area contributed by atoms with Gasteiger partial charge in [0.1, 0.15) is 5.75 Å². The molecule has 2 heterocycles. The molecule has 1 aromatic heterocycles. The molecule has 0 amide bonds. The predicted octanol–water partition coefficient (Wildman–Crippen LogP) is 3.32. The van der Waals surface area contributed by atoms with E-state index in [1.807, 2.05) is 30.3 Å². The maximum atomic E-state index is 5.71. The zero-order chi connectivity index (χ0) is 20.2. The van der Waals surface area contributed by atoms with Gasteiger partial charge in [0, 0.05) is 19.1 Å². The van der Waals surface area contributed by atoms with Crippen LogP contribution in [0.25, 0.3) is 0 Å². The molecule has 3 aromatic rings. The smallest absolute Gasteiger partial charge is 0.240 e. The van der Waals surface area contributed by atoms with Crippen LogP contribution in [0.5, 0.6) is 5.75 Å². The van der Waals surface area contributed by atoms with E-state index < -0.39 is 0 Å². The van der Waals surface area contributed by atoms with Gasteiger partial charge < -0.3 is 9.26 Å². The van der Waals surface area contributed by atoms with E-state index in [-0.39, 0.29) is 0 Å². The minimum atomic E-state index is 0.323. The van der Waals surface area contributed by atoms with Gasteiger partial charge in [0.15, 0.2) is 6.61 Å². The molecule has 2 aromatic carbocycles. The van der Waals surface area contributed by atoms with Crippen LogP contribution in [0.1, 0.15) is 29.3 Å². The second-order valence-corrected chi connectivity index (χ2v) is 8.20. The van der Waals surface area contributed by atoms with Crippen molar-refractivity contribution in [3.63, 3.8) is 0 Å². The molecule has 1 saturated heterocycles. The first-order chi connectivity index (χ1) is 14.8. The number of rotatable bonds is 6. The van der Waals surface area contributed by atoms with E-state index in [0.717, 1.165) is 31.9 Å². The van der Waals surface area contributed by atoms with Crippen LogP contribution in [-0.2, 0) is 26.0 Å². The molecule has 6 heteroatoms. The second-order valence-electron chi connectivity index (χ2n) is 8.20. The van der Waals surface area contributed by atoms with Gasteiger partial charge in [0.2, 0.25) is 11.7 Å². The highest BCUT2D eigenvalue weighted by atomic mass is 16.5. The monoisotopic (exact) mass is 404 g/mol. The summed E-state index contributed by atoms with van der Waals surface area (Å²) in [5, 5.41) is 4.07. The molecule has 30 heavy (non-hydrogen) atoms. The molecule has 1 aliphatic heterocycles. The van der Waals surface area contributed by atoms with Gasteiger partial charge >= 0.3 is 0 Å². The minimum Gasteiger partial charge on any atom is -0.485 e. The maximum Gasteiger partial charge on any atom is 0.240 e. The zero-order valence-electron chi connectivity index (χ0n) is 17.2. The SMILES string of the molecule is c1ccc(OCc2noc(CN3CCCN(C4Cc5ccccc5C4)CC3)n2)cc1. The number of hydrogen-bond acceptors (Lipinski definition) is 6. The fraction of sp³-hybridized carbons (Fsp3) is 0.417. The summed E-state index contributed by atoms with van der Waals surface area (Å²) in [6, 6.07) is 19.2. The Morgan fingerprint density at radius 3 is 2.47 bits per heavy atom. The zero-order valence-corrected chi connectivity index (χ0v) is 17.2. The summed E-state index contributed by atoms with van der Waals surface area (Å²) >= 11 is 0. The van der Waals surface area contributed by atoms with E-state index in [4.69, 9.17) is 9.26 Å². The highest BCUT2D eigenvalue weighted by Crippen LogP contribution is 2.26. The van der Waals surface area contributed by atoms with E-state index in [1.165, 1.54) is 30.4 Å². The molecule has 6 nitrogen and oxygen atoms in total. The highest BCUT2D eigenvalue weighted by molar-refractivity contribution is 5.33. The van der Waals surface area contributed by atoms with Crippen LogP contribution in [0, 0.1) is 0 Å². The van der Waals surface area contributed by atoms with E-state index >= 15 is 0 Å². The molecule has 5 rings (SSSR count). The molecular formula is C24H28N4O2. The van der Waals surface area contributed by atoms with Crippen molar-refractivity contribution in [1.82, 2.24) is 19.9 Å². The number of hydrogen-bond donors (Lipinski definition) is 0. The summed E-state index contributed by atoms with van der Waals surface area (Å²) in [6.45, 7) is 5.38. The molecule has 0 N–H and O–H groups in total. The number of nitrogens with zero attached hydrogens (tertiary/aromatic N) is 4. The van der Waals surface area contributed by atoms with Crippen LogP contribution in [0.4, 0.5) is 0 Å². The molecule has 0 spiro atoms. The van der Waals surface area contributed by atoms with Crippen LogP contribution in [0.15, 0.2) is 59.1 Å². The summed E-state index contributed by atoms with van der Waals surface area (Å²) in [5.74, 6) is 2.07. The highest BCUT2D eigenvalue weighted by Gasteiger charge is 2.28. The van der Waals surface area contributed by atoms with Crippen molar-refractivity contribution in [3.05, 3.63) is 77.4 Å². The molecule has 156 valence electrons. The van der Waals surface area contributed by atoms with Crippen LogP contribution in [0.3, 0.4) is 0 Å². The number of fused-ring (bicyclic) bond motifs is 1. The van der Waals surface area contributed by atoms with E-state index in [0.29, 0.717) is 30.9 Å². The summed E-state index contributed by atoms with van der Waals surface area (Å²) in [7, 11) is 0. The molecule has 0 bridgehead atoms. The summed E-state index contributed by atoms with van der Waals surface area (Å²) in [5.41, 5.74) is 3.06. The van der Waals surface area contributed by atoms with Gasteiger partial charge in [0.25, 0.3) is 0 Å². The molecule has 0 radical (unpaired) electrons. The van der Waals surface area contributed by atoms with E-state index in [1.54, 1.807) is 0 Å². The first-order valence-corrected chi connectivity index (χ1v) is 10.9. The Morgan fingerprint density at radius 1 is 0.900 bits per heavy atom. The van der Waals surface area contributed by atoms with Crippen molar-refractivity contribution in [3.8, 4) is 5.75 Å². The average Bonchev–Trinajstić information content (AvgIpc) is 3.35. The van der Waals surface area contributed by atoms with Crippen LogP contribution >= 0.6 is 0 Å². The lowest BCUT2D eigenvalue weighted by molar-refractivity contribution is 0.193. The first-order valence-electron chi connectivity index (χ1n) is 10.9. The first kappa shape index (κ1) is 19.3. The van der Waals surface area contributed by atoms with Gasteiger partial charge in [0.05, 0.1) is 6.54 Å². The standard InChI is InChI=1S/C24H28N4O2/c1-2-9-22(10-3-1)29-18-23-25-24(30-26-23)17-27-11-6-12-28(14-13-27)21-15-19-7-4-5-8-20(19)16-21/h1-5,7-10,21H,6,11-18H2. The minimum absolute atomic E-state index is 0.323. The molecular weight excluding hydrogens is 376 g/mol. The molecule has 0 atom stereocenters. The average molecular weight is 405 g/mol. The van der Waals surface area contributed by atoms with Gasteiger partial charge in [-0.1, -0.05) is 47.6 Å². The molecule has 1 fully saturated rings. The molecule has 1 aliphatic carbocycles. The molecule has 0 saturated carbocycles. The Balaban J connectivity index is 1.12. The lowest BCUT2D eigenvalue weighted by Gasteiger charge is -2.27. The number of para-hydroxylation sites is 1. The van der Waals surface area contributed by atoms with Crippen molar-refractivity contribution in [2.75, 3.05) is 26.2 Å². The van der Waals surface area contributed by atoms with Gasteiger partial charge in [-0.3, -0.25) is 9.80 Å². The largest absolute Gasteiger partial charge is 0.485 e. The van der Waals surface area contributed by atoms with Crippen molar-refractivity contribution >= 4 is 0 Å². The maximum absolute atomic E-state index is 5.71. The van der Waals surface area contributed by atoms with Crippen LogP contribution in [-0.4, -0.2) is 52.2 Å². The van der Waals surface area contributed by atoms with E-state index in [9.17, 15) is 0 Å². The summed E-state index contributed by atoms with van der Waals surface area (Å²) < 4.78 is 11.2. The normalized spacial score (nSPS) is 18.3. The van der Waals surface area contributed by atoms with Crippen molar-refractivity contribution in [2.24, 2.45) is 0 Å². The summed E-state index contributed by atoms with van der Waals surface area (Å²) in [4.78, 5) is 9.62. The Morgan fingerprint density at radius 2 is 1.67 bits per heavy atom. The van der Waals surface area contributed by atoms with Gasteiger partial charge in [-0.15, -0.1) is 0 Å². The second kappa shape index (κ2) is 8.98. The third-order valence-corrected chi connectivity index (χ3v) is 6.15.